The number of hydrogen-bond donors (Lipinski definition) is 1. The van der Waals surface area contributed by atoms with Crippen molar-refractivity contribution in [1.29, 1.82) is 0 Å². The zero-order valence-electron chi connectivity index (χ0n) is 12.0. The maximum atomic E-state index is 6.11. The predicted molar refractivity (Wildman–Crippen MR) is 81.2 cm³/mol. The van der Waals surface area contributed by atoms with Crippen molar-refractivity contribution >= 4 is 5.69 Å². The van der Waals surface area contributed by atoms with Crippen LogP contribution in [0.3, 0.4) is 0 Å². The lowest BCUT2D eigenvalue weighted by Crippen LogP contribution is -2.31. The number of rotatable bonds is 4. The van der Waals surface area contributed by atoms with E-state index in [-0.39, 0.29) is 0 Å². The fourth-order valence-electron chi connectivity index (χ4n) is 2.93. The molecule has 106 valence electrons. The van der Waals surface area contributed by atoms with Gasteiger partial charge in [0.05, 0.1) is 5.69 Å². The Morgan fingerprint density at radius 3 is 3.05 bits per heavy atom. The molecule has 20 heavy (non-hydrogen) atoms. The summed E-state index contributed by atoms with van der Waals surface area (Å²) in [6.07, 6.45) is 4.10. The van der Waals surface area contributed by atoms with E-state index in [2.05, 4.69) is 39.8 Å². The molecular formula is C16H22N4. The van der Waals surface area contributed by atoms with E-state index in [1.807, 2.05) is 12.3 Å². The molecule has 2 aromatic rings. The highest BCUT2D eigenvalue weighted by Gasteiger charge is 2.19. The molecule has 1 aromatic heterocycles. The lowest BCUT2D eigenvalue weighted by Gasteiger charge is -2.29. The third kappa shape index (κ3) is 2.56. The van der Waals surface area contributed by atoms with E-state index in [1.165, 1.54) is 16.8 Å². The molecule has 0 bridgehead atoms. The topological polar surface area (TPSA) is 47.1 Å². The van der Waals surface area contributed by atoms with Gasteiger partial charge in [-0.3, -0.25) is 9.58 Å². The lowest BCUT2D eigenvalue weighted by atomic mass is 9.98. The van der Waals surface area contributed by atoms with E-state index in [0.717, 1.165) is 44.7 Å². The first-order valence-corrected chi connectivity index (χ1v) is 7.37. The van der Waals surface area contributed by atoms with E-state index < -0.39 is 0 Å². The molecule has 0 spiro atoms. The first-order valence-electron chi connectivity index (χ1n) is 7.37. The summed E-state index contributed by atoms with van der Waals surface area (Å²) in [6, 6.07) is 8.38. The van der Waals surface area contributed by atoms with Gasteiger partial charge in [-0.2, -0.15) is 5.10 Å². The summed E-state index contributed by atoms with van der Waals surface area (Å²) in [7, 11) is 0. The first kappa shape index (κ1) is 13.2. The van der Waals surface area contributed by atoms with Gasteiger partial charge in [-0.1, -0.05) is 19.1 Å². The summed E-state index contributed by atoms with van der Waals surface area (Å²) < 4.78 is 2.11. The standard InChI is InChI=1S/C16H22N4/c1-2-9-20-14(6-8-18-20)11-19-10-7-13-4-3-5-16(17)15(13)12-19/h3-6,8H,2,7,9-12,17H2,1H3. The number of nitrogens with zero attached hydrogens (tertiary/aromatic N) is 3. The van der Waals surface area contributed by atoms with Crippen LogP contribution in [0.2, 0.25) is 0 Å². The molecule has 0 atom stereocenters. The molecule has 2 heterocycles. The molecule has 4 heteroatoms. The molecule has 4 nitrogen and oxygen atoms in total. The molecule has 1 aromatic carbocycles. The quantitative estimate of drug-likeness (QED) is 0.868. The number of aromatic nitrogens is 2. The van der Waals surface area contributed by atoms with Crippen LogP contribution in [0.25, 0.3) is 0 Å². The molecule has 0 saturated carbocycles. The molecule has 2 N–H and O–H groups in total. The van der Waals surface area contributed by atoms with E-state index in [1.54, 1.807) is 0 Å². The summed E-state index contributed by atoms with van der Waals surface area (Å²) in [5.41, 5.74) is 11.0. The predicted octanol–water partition coefficient (Wildman–Crippen LogP) is 2.43. The minimum Gasteiger partial charge on any atom is -0.398 e. The second-order valence-electron chi connectivity index (χ2n) is 5.49. The van der Waals surface area contributed by atoms with Gasteiger partial charge in [0.1, 0.15) is 0 Å². The van der Waals surface area contributed by atoms with Crippen molar-refractivity contribution in [3.63, 3.8) is 0 Å². The summed E-state index contributed by atoms with van der Waals surface area (Å²) >= 11 is 0. The van der Waals surface area contributed by atoms with Crippen molar-refractivity contribution in [1.82, 2.24) is 14.7 Å². The number of nitrogens with two attached hydrogens (primary N) is 1. The van der Waals surface area contributed by atoms with Crippen LogP contribution in [0.5, 0.6) is 0 Å². The fraction of sp³-hybridized carbons (Fsp3) is 0.438. The Morgan fingerprint density at radius 2 is 2.20 bits per heavy atom. The van der Waals surface area contributed by atoms with Crippen molar-refractivity contribution in [3.8, 4) is 0 Å². The van der Waals surface area contributed by atoms with Gasteiger partial charge >= 0.3 is 0 Å². The van der Waals surface area contributed by atoms with Crippen molar-refractivity contribution in [3.05, 3.63) is 47.3 Å². The van der Waals surface area contributed by atoms with Crippen LogP contribution in [-0.2, 0) is 26.1 Å². The highest BCUT2D eigenvalue weighted by Crippen LogP contribution is 2.25. The highest BCUT2D eigenvalue weighted by atomic mass is 15.3. The number of benzene rings is 1. The van der Waals surface area contributed by atoms with Crippen LogP contribution < -0.4 is 5.73 Å². The number of hydrogen-bond acceptors (Lipinski definition) is 3. The SMILES string of the molecule is CCCn1nccc1CN1CCc2cccc(N)c2C1. The molecule has 1 aliphatic rings. The summed E-state index contributed by atoms with van der Waals surface area (Å²) in [6.45, 7) is 6.17. The normalized spacial score (nSPS) is 15.2. The van der Waals surface area contributed by atoms with Crippen LogP contribution in [-0.4, -0.2) is 21.2 Å². The Hall–Kier alpha value is -1.81. The second kappa shape index (κ2) is 5.67. The molecule has 0 aliphatic carbocycles. The third-order valence-electron chi connectivity index (χ3n) is 4.01. The molecule has 0 fully saturated rings. The minimum absolute atomic E-state index is 0.925. The van der Waals surface area contributed by atoms with Crippen molar-refractivity contribution in [2.24, 2.45) is 0 Å². The summed E-state index contributed by atoms with van der Waals surface area (Å²) in [5.74, 6) is 0. The number of aryl methyl sites for hydroxylation is 1. The molecule has 3 rings (SSSR count). The maximum absolute atomic E-state index is 6.11. The Morgan fingerprint density at radius 1 is 1.30 bits per heavy atom. The Balaban J connectivity index is 1.74. The molecule has 0 unspecified atom stereocenters. The first-order chi connectivity index (χ1) is 9.78. The van der Waals surface area contributed by atoms with Crippen LogP contribution in [0.1, 0.15) is 30.2 Å². The molecule has 0 saturated heterocycles. The Labute approximate surface area is 120 Å². The van der Waals surface area contributed by atoms with Crippen LogP contribution in [0.15, 0.2) is 30.5 Å². The van der Waals surface area contributed by atoms with Gasteiger partial charge in [-0.25, -0.2) is 0 Å². The third-order valence-corrected chi connectivity index (χ3v) is 4.01. The highest BCUT2D eigenvalue weighted by molar-refractivity contribution is 5.51. The van der Waals surface area contributed by atoms with Gasteiger partial charge in [0.2, 0.25) is 0 Å². The van der Waals surface area contributed by atoms with E-state index >= 15 is 0 Å². The van der Waals surface area contributed by atoms with Gasteiger partial charge < -0.3 is 5.73 Å². The van der Waals surface area contributed by atoms with E-state index in [4.69, 9.17) is 5.73 Å². The van der Waals surface area contributed by atoms with Crippen LogP contribution >= 0.6 is 0 Å². The zero-order valence-corrected chi connectivity index (χ0v) is 12.0. The van der Waals surface area contributed by atoms with Gasteiger partial charge in [-0.05, 0) is 36.1 Å². The summed E-state index contributed by atoms with van der Waals surface area (Å²) in [5, 5.41) is 4.40. The molecule has 0 amide bonds. The minimum atomic E-state index is 0.925. The van der Waals surface area contributed by atoms with Crippen LogP contribution in [0.4, 0.5) is 5.69 Å². The van der Waals surface area contributed by atoms with Crippen molar-refractivity contribution < 1.29 is 0 Å². The van der Waals surface area contributed by atoms with Gasteiger partial charge in [-0.15, -0.1) is 0 Å². The molecule has 1 aliphatic heterocycles. The average Bonchev–Trinajstić information content (AvgIpc) is 2.88. The lowest BCUT2D eigenvalue weighted by molar-refractivity contribution is 0.238. The fourth-order valence-corrected chi connectivity index (χ4v) is 2.93. The summed E-state index contributed by atoms with van der Waals surface area (Å²) in [4.78, 5) is 2.46. The second-order valence-corrected chi connectivity index (χ2v) is 5.49. The van der Waals surface area contributed by atoms with Crippen LogP contribution in [0, 0.1) is 0 Å². The molecule has 0 radical (unpaired) electrons. The van der Waals surface area contributed by atoms with Crippen molar-refractivity contribution in [2.45, 2.75) is 39.4 Å². The Bertz CT molecular complexity index is 588. The van der Waals surface area contributed by atoms with Gasteiger partial charge in [0, 0.05) is 38.1 Å². The number of fused-ring (bicyclic) bond motifs is 1. The molecular weight excluding hydrogens is 248 g/mol. The van der Waals surface area contributed by atoms with E-state index in [9.17, 15) is 0 Å². The smallest absolute Gasteiger partial charge is 0.0524 e. The largest absolute Gasteiger partial charge is 0.398 e. The number of nitrogen functional groups attached to an aromatic ring is 1. The van der Waals surface area contributed by atoms with Gasteiger partial charge in [0.15, 0.2) is 0 Å². The average molecular weight is 270 g/mol. The Kier molecular flexibility index (Phi) is 3.74. The van der Waals surface area contributed by atoms with E-state index in [0.29, 0.717) is 0 Å². The zero-order chi connectivity index (χ0) is 13.9. The monoisotopic (exact) mass is 270 g/mol. The maximum Gasteiger partial charge on any atom is 0.0524 e. The van der Waals surface area contributed by atoms with Gasteiger partial charge in [0.25, 0.3) is 0 Å². The number of anilines is 1. The van der Waals surface area contributed by atoms with Crippen molar-refractivity contribution in [2.75, 3.05) is 12.3 Å².